The molecule has 0 bridgehead atoms. The topological polar surface area (TPSA) is 65.0 Å². The quantitative estimate of drug-likeness (QED) is 0.508. The summed E-state index contributed by atoms with van der Waals surface area (Å²) >= 11 is 0. The lowest BCUT2D eigenvalue weighted by Gasteiger charge is -2.44. The van der Waals surface area contributed by atoms with Crippen LogP contribution in [0.2, 0.25) is 0 Å². The maximum Gasteiger partial charge on any atom is 0.306 e. The van der Waals surface area contributed by atoms with Gasteiger partial charge in [-0.3, -0.25) is 4.79 Å². The summed E-state index contributed by atoms with van der Waals surface area (Å²) in [5.41, 5.74) is 1.22. The first-order chi connectivity index (χ1) is 14.2. The molecule has 1 N–H and O–H groups in total. The van der Waals surface area contributed by atoms with Crippen LogP contribution in [0.4, 0.5) is 0 Å². The van der Waals surface area contributed by atoms with Gasteiger partial charge in [0, 0.05) is 25.4 Å². The third kappa shape index (κ3) is 5.63. The fourth-order valence-corrected chi connectivity index (χ4v) is 5.23. The summed E-state index contributed by atoms with van der Waals surface area (Å²) in [6, 6.07) is 10.5. The second kappa shape index (κ2) is 9.80. The van der Waals surface area contributed by atoms with Gasteiger partial charge < -0.3 is 19.3 Å². The van der Waals surface area contributed by atoms with Crippen molar-refractivity contribution in [2.75, 3.05) is 13.2 Å². The Bertz CT molecular complexity index is 684. The molecule has 0 spiro atoms. The van der Waals surface area contributed by atoms with Crippen LogP contribution in [-0.4, -0.2) is 36.4 Å². The molecule has 3 rings (SSSR count). The van der Waals surface area contributed by atoms with Crippen LogP contribution in [0.3, 0.4) is 0 Å². The Balaban J connectivity index is 1.66. The van der Waals surface area contributed by atoms with Gasteiger partial charge in [0.05, 0.1) is 6.61 Å². The summed E-state index contributed by atoms with van der Waals surface area (Å²) in [4.78, 5) is 12.9. The zero-order chi connectivity index (χ0) is 21.8. The Morgan fingerprint density at radius 3 is 2.67 bits per heavy atom. The van der Waals surface area contributed by atoms with Gasteiger partial charge in [-0.05, 0) is 49.0 Å². The third-order valence-corrected chi connectivity index (χ3v) is 7.01. The molecule has 2 aliphatic rings. The van der Waals surface area contributed by atoms with Crippen molar-refractivity contribution in [1.29, 1.82) is 0 Å². The molecule has 1 saturated carbocycles. The SMILES string of the molecule is CCOC1(O)C[C@@H](CC(=O)O[C@@H]2C[C@H](C)CC[C@H]2C(C)(C)c2ccccc2)CCO1. The highest BCUT2D eigenvalue weighted by Crippen LogP contribution is 2.44. The largest absolute Gasteiger partial charge is 0.462 e. The van der Waals surface area contributed by atoms with Gasteiger partial charge in [-0.15, -0.1) is 0 Å². The molecule has 5 atom stereocenters. The van der Waals surface area contributed by atoms with Crippen LogP contribution in [0.25, 0.3) is 0 Å². The lowest BCUT2D eigenvalue weighted by atomic mass is 9.64. The van der Waals surface area contributed by atoms with E-state index in [0.717, 1.165) is 25.7 Å². The van der Waals surface area contributed by atoms with E-state index in [1.807, 2.05) is 13.0 Å². The minimum Gasteiger partial charge on any atom is -0.462 e. The van der Waals surface area contributed by atoms with E-state index in [0.29, 0.717) is 32.0 Å². The zero-order valence-electron chi connectivity index (χ0n) is 18.9. The summed E-state index contributed by atoms with van der Waals surface area (Å²) in [6.07, 6.45) is 4.37. The molecule has 1 unspecified atom stereocenters. The van der Waals surface area contributed by atoms with Crippen LogP contribution in [0, 0.1) is 17.8 Å². The van der Waals surface area contributed by atoms with Crippen LogP contribution in [0.1, 0.15) is 71.8 Å². The Morgan fingerprint density at radius 2 is 1.97 bits per heavy atom. The van der Waals surface area contributed by atoms with E-state index >= 15 is 0 Å². The van der Waals surface area contributed by atoms with Crippen LogP contribution < -0.4 is 0 Å². The maximum absolute atomic E-state index is 12.9. The van der Waals surface area contributed by atoms with E-state index in [1.165, 1.54) is 5.56 Å². The lowest BCUT2D eigenvalue weighted by molar-refractivity contribution is -0.379. The molecule has 1 aromatic rings. The number of esters is 1. The molecular formula is C25H38O5. The molecule has 5 heteroatoms. The van der Waals surface area contributed by atoms with Crippen molar-refractivity contribution in [3.8, 4) is 0 Å². The van der Waals surface area contributed by atoms with Gasteiger partial charge in [-0.1, -0.05) is 57.5 Å². The van der Waals surface area contributed by atoms with E-state index in [1.54, 1.807) is 0 Å². The molecular weight excluding hydrogens is 380 g/mol. The molecule has 0 radical (unpaired) electrons. The predicted molar refractivity (Wildman–Crippen MR) is 116 cm³/mol. The molecule has 0 aromatic heterocycles. The first-order valence-electron chi connectivity index (χ1n) is 11.5. The van der Waals surface area contributed by atoms with Gasteiger partial charge in [0.1, 0.15) is 6.10 Å². The average Bonchev–Trinajstić information content (AvgIpc) is 2.68. The van der Waals surface area contributed by atoms with Crippen molar-refractivity contribution in [3.05, 3.63) is 35.9 Å². The highest BCUT2D eigenvalue weighted by Gasteiger charge is 2.43. The second-order valence-corrected chi connectivity index (χ2v) is 9.70. The Labute approximate surface area is 181 Å². The smallest absolute Gasteiger partial charge is 0.306 e. The second-order valence-electron chi connectivity index (χ2n) is 9.70. The third-order valence-electron chi connectivity index (χ3n) is 7.01. The molecule has 2 fully saturated rings. The fourth-order valence-electron chi connectivity index (χ4n) is 5.23. The lowest BCUT2D eigenvalue weighted by Crippen LogP contribution is -2.44. The summed E-state index contributed by atoms with van der Waals surface area (Å²) in [5.74, 6) is -0.903. The number of aliphatic hydroxyl groups is 1. The number of carbonyl (C=O) groups excluding carboxylic acids is 1. The van der Waals surface area contributed by atoms with Crippen molar-refractivity contribution in [2.45, 2.75) is 83.7 Å². The number of hydrogen-bond donors (Lipinski definition) is 1. The molecule has 5 nitrogen and oxygen atoms in total. The molecule has 1 aliphatic carbocycles. The van der Waals surface area contributed by atoms with E-state index in [2.05, 4.69) is 45.0 Å². The first kappa shape index (κ1) is 23.2. The minimum absolute atomic E-state index is 0.00407. The Morgan fingerprint density at radius 1 is 1.23 bits per heavy atom. The van der Waals surface area contributed by atoms with Crippen molar-refractivity contribution >= 4 is 5.97 Å². The summed E-state index contributed by atoms with van der Waals surface area (Å²) in [7, 11) is 0. The van der Waals surface area contributed by atoms with E-state index in [-0.39, 0.29) is 29.3 Å². The summed E-state index contributed by atoms with van der Waals surface area (Å²) < 4.78 is 16.8. The number of benzene rings is 1. The van der Waals surface area contributed by atoms with E-state index in [4.69, 9.17) is 14.2 Å². The maximum atomic E-state index is 12.9. The molecule has 1 saturated heterocycles. The van der Waals surface area contributed by atoms with Crippen molar-refractivity contribution < 1.29 is 24.1 Å². The normalized spacial score (nSPS) is 32.6. The van der Waals surface area contributed by atoms with Crippen LogP contribution in [0.15, 0.2) is 30.3 Å². The van der Waals surface area contributed by atoms with Gasteiger partial charge in [0.2, 0.25) is 0 Å². The fraction of sp³-hybridized carbons (Fsp3) is 0.720. The average molecular weight is 419 g/mol. The van der Waals surface area contributed by atoms with Crippen LogP contribution in [-0.2, 0) is 24.4 Å². The molecule has 1 aromatic carbocycles. The van der Waals surface area contributed by atoms with E-state index in [9.17, 15) is 9.90 Å². The minimum atomic E-state index is -1.57. The zero-order valence-corrected chi connectivity index (χ0v) is 18.9. The summed E-state index contributed by atoms with van der Waals surface area (Å²) in [5, 5.41) is 10.4. The molecule has 168 valence electrons. The van der Waals surface area contributed by atoms with Crippen LogP contribution in [0.5, 0.6) is 0 Å². The Hall–Kier alpha value is -1.43. The van der Waals surface area contributed by atoms with Crippen molar-refractivity contribution in [3.63, 3.8) is 0 Å². The number of rotatable bonds is 7. The molecule has 1 aliphatic heterocycles. The molecule has 1 heterocycles. The van der Waals surface area contributed by atoms with Crippen molar-refractivity contribution in [1.82, 2.24) is 0 Å². The first-order valence-corrected chi connectivity index (χ1v) is 11.5. The monoisotopic (exact) mass is 418 g/mol. The van der Waals surface area contributed by atoms with Crippen molar-refractivity contribution in [2.24, 2.45) is 17.8 Å². The van der Waals surface area contributed by atoms with Gasteiger partial charge in [0.15, 0.2) is 0 Å². The van der Waals surface area contributed by atoms with Gasteiger partial charge in [-0.2, -0.15) is 0 Å². The van der Waals surface area contributed by atoms with Gasteiger partial charge >= 0.3 is 5.97 Å². The highest BCUT2D eigenvalue weighted by atomic mass is 16.8. The Kier molecular flexibility index (Phi) is 7.59. The van der Waals surface area contributed by atoms with Crippen LogP contribution >= 0.6 is 0 Å². The number of ether oxygens (including phenoxy) is 3. The standard InChI is InChI=1S/C25H38O5/c1-5-28-25(27)17-19(13-14-29-25)16-23(26)30-22-15-18(2)11-12-21(22)24(3,4)20-9-7-6-8-10-20/h6-10,18-19,21-22,27H,5,11-17H2,1-4H3/t18-,19-,21-,22-,25?/m1/s1. The van der Waals surface area contributed by atoms with Gasteiger partial charge in [-0.25, -0.2) is 0 Å². The molecule has 0 amide bonds. The highest BCUT2D eigenvalue weighted by molar-refractivity contribution is 5.70. The predicted octanol–water partition coefficient (Wildman–Crippen LogP) is 4.81. The van der Waals surface area contributed by atoms with Gasteiger partial charge in [0.25, 0.3) is 5.97 Å². The number of hydrogen-bond acceptors (Lipinski definition) is 5. The van der Waals surface area contributed by atoms with E-state index < -0.39 is 5.97 Å². The number of carbonyl (C=O) groups is 1. The molecule has 30 heavy (non-hydrogen) atoms. The summed E-state index contributed by atoms with van der Waals surface area (Å²) in [6.45, 7) is 9.35.